The van der Waals surface area contributed by atoms with Gasteiger partial charge in [-0.3, -0.25) is 20.4 Å². The van der Waals surface area contributed by atoms with Crippen molar-refractivity contribution >= 4 is 29.1 Å². The summed E-state index contributed by atoms with van der Waals surface area (Å²) >= 11 is 5.18. The summed E-state index contributed by atoms with van der Waals surface area (Å²) < 4.78 is 27.6. The third kappa shape index (κ3) is 6.12. The molecule has 154 valence electrons. The van der Waals surface area contributed by atoms with Gasteiger partial charge in [0, 0.05) is 6.04 Å². The number of rotatable bonds is 5. The van der Waals surface area contributed by atoms with Gasteiger partial charge in [0.15, 0.2) is 5.11 Å². The van der Waals surface area contributed by atoms with Crippen molar-refractivity contribution in [3.8, 4) is 0 Å². The zero-order valence-corrected chi connectivity index (χ0v) is 16.8. The Hall–Kier alpha value is -2.29. The first-order valence-electron chi connectivity index (χ1n) is 9.40. The molecule has 0 heterocycles. The van der Waals surface area contributed by atoms with E-state index in [1.54, 1.807) is 13.8 Å². The van der Waals surface area contributed by atoms with Gasteiger partial charge in [0.2, 0.25) is 0 Å². The Morgan fingerprint density at radius 3 is 2.25 bits per heavy atom. The summed E-state index contributed by atoms with van der Waals surface area (Å²) in [6.07, 6.45) is 5.54. The fraction of sp³-hybridized carbons (Fsp3) is 0.526. The number of amides is 2. The fourth-order valence-electron chi connectivity index (χ4n) is 3.13. The van der Waals surface area contributed by atoms with Crippen LogP contribution in [0.3, 0.4) is 0 Å². The van der Waals surface area contributed by atoms with E-state index in [1.165, 1.54) is 6.42 Å². The molecule has 4 N–H and O–H groups in total. The molecule has 0 aliphatic heterocycles. The topological polar surface area (TPSA) is 82.3 Å². The molecule has 2 rings (SSSR count). The number of hydrazine groups is 1. The van der Waals surface area contributed by atoms with Gasteiger partial charge in [-0.2, -0.15) is 0 Å². The minimum Gasteiger partial charge on any atom is -0.359 e. The van der Waals surface area contributed by atoms with Crippen LogP contribution in [-0.2, 0) is 4.79 Å². The summed E-state index contributed by atoms with van der Waals surface area (Å²) in [7, 11) is 0. The van der Waals surface area contributed by atoms with E-state index in [-0.39, 0.29) is 17.1 Å². The van der Waals surface area contributed by atoms with Crippen LogP contribution in [0, 0.1) is 17.6 Å². The molecule has 1 aliphatic rings. The average Bonchev–Trinajstić information content (AvgIpc) is 2.64. The Morgan fingerprint density at radius 2 is 1.68 bits per heavy atom. The Labute approximate surface area is 168 Å². The monoisotopic (exact) mass is 412 g/mol. The molecule has 28 heavy (non-hydrogen) atoms. The first kappa shape index (κ1) is 22.0. The minimum absolute atomic E-state index is 0.273. The molecule has 1 aromatic carbocycles. The highest BCUT2D eigenvalue weighted by molar-refractivity contribution is 7.80. The van der Waals surface area contributed by atoms with Crippen LogP contribution in [0.15, 0.2) is 18.2 Å². The molecular weight excluding hydrogens is 386 g/mol. The van der Waals surface area contributed by atoms with E-state index in [0.717, 1.165) is 43.9 Å². The van der Waals surface area contributed by atoms with E-state index in [4.69, 9.17) is 12.2 Å². The molecule has 0 aromatic heterocycles. The van der Waals surface area contributed by atoms with Crippen molar-refractivity contribution in [3.63, 3.8) is 0 Å². The molecule has 6 nitrogen and oxygen atoms in total. The van der Waals surface area contributed by atoms with E-state index in [1.807, 2.05) is 0 Å². The second-order valence-corrected chi connectivity index (χ2v) is 7.62. The standard InChI is InChI=1S/C19H26F2N4O2S/c1-11(2)16(23-17(26)15-13(20)9-6-10-14(15)21)18(27)24-25-19(28)22-12-7-4-3-5-8-12/h6,9-12,16H,3-5,7-8H2,1-2H3,(H,23,26)(H,24,27)(H2,22,25,28). The molecular formula is C19H26F2N4O2S. The van der Waals surface area contributed by atoms with Crippen LogP contribution in [0.25, 0.3) is 0 Å². The van der Waals surface area contributed by atoms with E-state index in [2.05, 4.69) is 21.5 Å². The van der Waals surface area contributed by atoms with Gasteiger partial charge in [-0.1, -0.05) is 39.2 Å². The SMILES string of the molecule is CC(C)C(NC(=O)c1c(F)cccc1F)C(=O)NNC(=S)NC1CCCCC1. The number of carbonyl (C=O) groups excluding carboxylic acids is 2. The molecule has 1 aliphatic carbocycles. The first-order valence-corrected chi connectivity index (χ1v) is 9.81. The van der Waals surface area contributed by atoms with Crippen LogP contribution in [0.5, 0.6) is 0 Å². The summed E-state index contributed by atoms with van der Waals surface area (Å²) in [5.41, 5.74) is 4.35. The van der Waals surface area contributed by atoms with Gasteiger partial charge in [-0.25, -0.2) is 8.78 Å². The lowest BCUT2D eigenvalue weighted by atomic mass is 9.96. The summed E-state index contributed by atoms with van der Waals surface area (Å²) in [5.74, 6) is -3.85. The lowest BCUT2D eigenvalue weighted by Gasteiger charge is -2.26. The van der Waals surface area contributed by atoms with E-state index in [0.29, 0.717) is 0 Å². The van der Waals surface area contributed by atoms with Crippen molar-refractivity contribution in [1.29, 1.82) is 0 Å². The summed E-state index contributed by atoms with van der Waals surface area (Å²) in [6.45, 7) is 3.42. The smallest absolute Gasteiger partial charge is 0.261 e. The zero-order valence-electron chi connectivity index (χ0n) is 16.0. The van der Waals surface area contributed by atoms with Crippen molar-refractivity contribution in [2.75, 3.05) is 0 Å². The van der Waals surface area contributed by atoms with Gasteiger partial charge in [0.05, 0.1) is 0 Å². The first-order chi connectivity index (χ1) is 13.3. The number of benzene rings is 1. The zero-order chi connectivity index (χ0) is 20.7. The second-order valence-electron chi connectivity index (χ2n) is 7.21. The predicted molar refractivity (Wildman–Crippen MR) is 106 cm³/mol. The maximum absolute atomic E-state index is 13.8. The molecule has 0 bridgehead atoms. The summed E-state index contributed by atoms with van der Waals surface area (Å²) in [6, 6.07) is 2.41. The van der Waals surface area contributed by atoms with Crippen LogP contribution >= 0.6 is 12.2 Å². The number of halogens is 2. The van der Waals surface area contributed by atoms with Crippen molar-refractivity contribution in [3.05, 3.63) is 35.4 Å². The van der Waals surface area contributed by atoms with E-state index < -0.39 is 35.1 Å². The van der Waals surface area contributed by atoms with Gasteiger partial charge in [-0.05, 0) is 43.1 Å². The Morgan fingerprint density at radius 1 is 1.07 bits per heavy atom. The highest BCUT2D eigenvalue weighted by Crippen LogP contribution is 2.17. The maximum Gasteiger partial charge on any atom is 0.261 e. The molecule has 0 spiro atoms. The van der Waals surface area contributed by atoms with Crippen molar-refractivity contribution in [2.24, 2.45) is 5.92 Å². The van der Waals surface area contributed by atoms with Crippen molar-refractivity contribution < 1.29 is 18.4 Å². The van der Waals surface area contributed by atoms with Gasteiger partial charge in [-0.15, -0.1) is 0 Å². The second kappa shape index (κ2) is 10.3. The molecule has 0 saturated heterocycles. The van der Waals surface area contributed by atoms with E-state index in [9.17, 15) is 18.4 Å². The van der Waals surface area contributed by atoms with Crippen LogP contribution in [-0.4, -0.2) is 29.0 Å². The molecule has 1 fully saturated rings. The van der Waals surface area contributed by atoms with Crippen molar-refractivity contribution in [2.45, 2.75) is 58.0 Å². The van der Waals surface area contributed by atoms with Gasteiger partial charge in [0.1, 0.15) is 23.2 Å². The number of hydrogen-bond donors (Lipinski definition) is 4. The van der Waals surface area contributed by atoms with Gasteiger partial charge < -0.3 is 10.6 Å². The molecule has 9 heteroatoms. The number of hydrogen-bond acceptors (Lipinski definition) is 3. The van der Waals surface area contributed by atoms with Crippen LogP contribution < -0.4 is 21.5 Å². The lowest BCUT2D eigenvalue weighted by molar-refractivity contribution is -0.124. The maximum atomic E-state index is 13.8. The Kier molecular flexibility index (Phi) is 8.10. The van der Waals surface area contributed by atoms with Crippen LogP contribution in [0.1, 0.15) is 56.3 Å². The van der Waals surface area contributed by atoms with Gasteiger partial charge >= 0.3 is 0 Å². The largest absolute Gasteiger partial charge is 0.359 e. The van der Waals surface area contributed by atoms with Crippen molar-refractivity contribution in [1.82, 2.24) is 21.5 Å². The van der Waals surface area contributed by atoms with Crippen LogP contribution in [0.2, 0.25) is 0 Å². The highest BCUT2D eigenvalue weighted by Gasteiger charge is 2.27. The van der Waals surface area contributed by atoms with Gasteiger partial charge in [0.25, 0.3) is 11.8 Å². The average molecular weight is 413 g/mol. The quantitative estimate of drug-likeness (QED) is 0.441. The molecule has 1 aromatic rings. The third-order valence-electron chi connectivity index (χ3n) is 4.67. The third-order valence-corrected chi connectivity index (χ3v) is 4.89. The number of carbonyl (C=O) groups is 2. The molecule has 2 amide bonds. The normalized spacial score (nSPS) is 15.6. The van der Waals surface area contributed by atoms with Crippen LogP contribution in [0.4, 0.5) is 8.78 Å². The Bertz CT molecular complexity index is 704. The fourth-order valence-corrected chi connectivity index (χ4v) is 3.35. The summed E-state index contributed by atoms with van der Waals surface area (Å²) in [5, 5.41) is 5.81. The lowest BCUT2D eigenvalue weighted by Crippen LogP contribution is -2.56. The number of nitrogens with one attached hydrogen (secondary N) is 4. The molecule has 1 atom stereocenters. The Balaban J connectivity index is 1.92. The predicted octanol–water partition coefficient (Wildman–Crippen LogP) is 2.55. The molecule has 1 unspecified atom stereocenters. The number of thiocarbonyl (C=S) groups is 1. The molecule has 1 saturated carbocycles. The molecule has 0 radical (unpaired) electrons. The minimum atomic E-state index is -1.00. The summed E-state index contributed by atoms with van der Waals surface area (Å²) in [4.78, 5) is 24.7. The van der Waals surface area contributed by atoms with E-state index >= 15 is 0 Å². The highest BCUT2D eigenvalue weighted by atomic mass is 32.1.